The Kier molecular flexibility index (Phi) is 3.70. The van der Waals surface area contributed by atoms with Gasteiger partial charge in [-0.05, 0) is 18.9 Å². The van der Waals surface area contributed by atoms with E-state index in [1.54, 1.807) is 0 Å². The molecule has 1 aromatic heterocycles. The van der Waals surface area contributed by atoms with Crippen LogP contribution in [-0.4, -0.2) is 39.4 Å². The van der Waals surface area contributed by atoms with Gasteiger partial charge in [0.15, 0.2) is 0 Å². The molecule has 1 saturated heterocycles. The van der Waals surface area contributed by atoms with Crippen LogP contribution >= 0.6 is 11.3 Å². The third-order valence-electron chi connectivity index (χ3n) is 2.95. The maximum Gasteiger partial charge on any atom is 0.219 e. The number of piperidine rings is 1. The molecule has 7 heteroatoms. The Morgan fingerprint density at radius 1 is 1.62 bits per heavy atom. The van der Waals surface area contributed by atoms with Crippen LogP contribution < -0.4 is 11.3 Å². The molecule has 2 atom stereocenters. The molecule has 2 heterocycles. The molecule has 0 aromatic carbocycles. The summed E-state index contributed by atoms with van der Waals surface area (Å²) < 4.78 is 0. The number of aromatic nitrogens is 2. The Bertz CT molecular complexity index is 344. The van der Waals surface area contributed by atoms with Gasteiger partial charge in [0.1, 0.15) is 5.01 Å². The first-order valence-corrected chi connectivity index (χ1v) is 6.20. The Morgan fingerprint density at radius 3 is 3.06 bits per heavy atom. The molecule has 1 aliphatic heterocycles. The van der Waals surface area contributed by atoms with E-state index < -0.39 is 0 Å². The summed E-state index contributed by atoms with van der Waals surface area (Å²) in [5.41, 5.74) is 2.48. The number of nitrogen functional groups attached to an aromatic ring is 1. The Labute approximate surface area is 98.4 Å². The van der Waals surface area contributed by atoms with E-state index in [9.17, 15) is 5.11 Å². The van der Waals surface area contributed by atoms with Gasteiger partial charge in [-0.1, -0.05) is 18.3 Å². The number of aliphatic hydroxyl groups is 1. The first-order valence-electron chi connectivity index (χ1n) is 5.38. The highest BCUT2D eigenvalue weighted by Crippen LogP contribution is 2.21. The van der Waals surface area contributed by atoms with Gasteiger partial charge in [0, 0.05) is 6.54 Å². The molecule has 0 amide bonds. The van der Waals surface area contributed by atoms with Crippen molar-refractivity contribution in [1.82, 2.24) is 15.1 Å². The van der Waals surface area contributed by atoms with E-state index in [-0.39, 0.29) is 6.10 Å². The number of β-amino-alcohol motifs (C(OH)–C–C–N with tert-alkyl or cyclic N) is 1. The summed E-state index contributed by atoms with van der Waals surface area (Å²) in [6, 6.07) is 0. The minimum Gasteiger partial charge on any atom is -0.392 e. The number of nitrogens with two attached hydrogens (primary N) is 1. The number of nitrogens with one attached hydrogen (secondary N) is 1. The number of nitrogens with zero attached hydrogens (tertiary/aromatic N) is 3. The molecule has 0 bridgehead atoms. The monoisotopic (exact) mass is 243 g/mol. The maximum atomic E-state index is 9.77. The fourth-order valence-electron chi connectivity index (χ4n) is 1.83. The van der Waals surface area contributed by atoms with Crippen LogP contribution in [-0.2, 0) is 6.54 Å². The van der Waals surface area contributed by atoms with Crippen molar-refractivity contribution in [1.29, 1.82) is 0 Å². The second kappa shape index (κ2) is 5.05. The topological polar surface area (TPSA) is 87.3 Å². The van der Waals surface area contributed by atoms with Crippen molar-refractivity contribution in [2.24, 2.45) is 11.8 Å². The van der Waals surface area contributed by atoms with Crippen molar-refractivity contribution in [3.05, 3.63) is 5.01 Å². The van der Waals surface area contributed by atoms with Crippen LogP contribution in [0.25, 0.3) is 0 Å². The molecule has 0 aliphatic carbocycles. The van der Waals surface area contributed by atoms with Crippen molar-refractivity contribution in [2.75, 3.05) is 18.5 Å². The lowest BCUT2D eigenvalue weighted by atomic mass is 9.96. The van der Waals surface area contributed by atoms with Gasteiger partial charge in [0.25, 0.3) is 0 Å². The molecule has 6 nitrogen and oxygen atoms in total. The van der Waals surface area contributed by atoms with Crippen molar-refractivity contribution in [3.8, 4) is 0 Å². The Morgan fingerprint density at radius 2 is 2.44 bits per heavy atom. The molecular weight excluding hydrogens is 226 g/mol. The van der Waals surface area contributed by atoms with E-state index >= 15 is 0 Å². The Balaban J connectivity index is 1.90. The SMILES string of the molecule is CC1CCN(Cc2nnc(NN)s2)CC1O. The zero-order valence-electron chi connectivity index (χ0n) is 9.26. The summed E-state index contributed by atoms with van der Waals surface area (Å²) in [5.74, 6) is 5.64. The van der Waals surface area contributed by atoms with E-state index in [0.29, 0.717) is 17.6 Å². The molecule has 90 valence electrons. The van der Waals surface area contributed by atoms with E-state index in [0.717, 1.165) is 24.5 Å². The van der Waals surface area contributed by atoms with Crippen molar-refractivity contribution >= 4 is 16.5 Å². The number of aliphatic hydroxyl groups excluding tert-OH is 1. The molecular formula is C9H17N5OS. The van der Waals surface area contributed by atoms with Gasteiger partial charge in [-0.2, -0.15) is 0 Å². The molecule has 0 radical (unpaired) electrons. The second-order valence-corrected chi connectivity index (χ2v) is 5.28. The summed E-state index contributed by atoms with van der Waals surface area (Å²) in [5, 5.41) is 19.2. The van der Waals surface area contributed by atoms with Crippen molar-refractivity contribution in [2.45, 2.75) is 26.0 Å². The van der Waals surface area contributed by atoms with Gasteiger partial charge in [-0.15, -0.1) is 10.2 Å². The standard InChI is InChI=1S/C9H17N5OS/c1-6-2-3-14(4-7(6)15)5-8-12-13-9(11-10)16-8/h6-7,15H,2-5,10H2,1H3,(H,11,13). The van der Waals surface area contributed by atoms with Crippen LogP contribution in [0.2, 0.25) is 0 Å². The maximum absolute atomic E-state index is 9.77. The molecule has 16 heavy (non-hydrogen) atoms. The molecule has 1 aliphatic rings. The van der Waals surface area contributed by atoms with Gasteiger partial charge in [-0.3, -0.25) is 10.3 Å². The number of rotatable bonds is 3. The van der Waals surface area contributed by atoms with Crippen molar-refractivity contribution < 1.29 is 5.11 Å². The lowest BCUT2D eigenvalue weighted by molar-refractivity contribution is 0.0258. The molecule has 1 aromatic rings. The summed E-state index contributed by atoms with van der Waals surface area (Å²) in [4.78, 5) is 2.20. The molecule has 2 rings (SSSR count). The van der Waals surface area contributed by atoms with Crippen molar-refractivity contribution in [3.63, 3.8) is 0 Å². The first-order chi connectivity index (χ1) is 7.69. The third kappa shape index (κ3) is 2.67. The van der Waals surface area contributed by atoms with Crippen LogP contribution in [0.4, 0.5) is 5.13 Å². The average molecular weight is 243 g/mol. The number of hydrogen-bond donors (Lipinski definition) is 3. The van der Waals surface area contributed by atoms with Crippen LogP contribution in [0.3, 0.4) is 0 Å². The van der Waals surface area contributed by atoms with Gasteiger partial charge in [-0.25, -0.2) is 5.84 Å². The number of likely N-dealkylation sites (tertiary alicyclic amines) is 1. The highest BCUT2D eigenvalue weighted by Gasteiger charge is 2.24. The predicted octanol–water partition coefficient (Wildman–Crippen LogP) is 0.0264. The number of anilines is 1. The minimum atomic E-state index is -0.228. The summed E-state index contributed by atoms with van der Waals surface area (Å²) in [7, 11) is 0. The fraction of sp³-hybridized carbons (Fsp3) is 0.778. The van der Waals surface area contributed by atoms with Gasteiger partial charge < -0.3 is 5.11 Å². The zero-order chi connectivity index (χ0) is 11.5. The van der Waals surface area contributed by atoms with Gasteiger partial charge in [0.05, 0.1) is 12.6 Å². The Hall–Kier alpha value is -0.760. The zero-order valence-corrected chi connectivity index (χ0v) is 10.1. The third-order valence-corrected chi connectivity index (χ3v) is 3.79. The van der Waals surface area contributed by atoms with E-state index in [1.807, 2.05) is 0 Å². The number of hydrazine groups is 1. The van der Waals surface area contributed by atoms with Gasteiger partial charge in [0.2, 0.25) is 5.13 Å². The molecule has 4 N–H and O–H groups in total. The molecule has 0 saturated carbocycles. The van der Waals surface area contributed by atoms with Crippen LogP contribution in [0.5, 0.6) is 0 Å². The highest BCUT2D eigenvalue weighted by molar-refractivity contribution is 7.15. The smallest absolute Gasteiger partial charge is 0.219 e. The second-order valence-electron chi connectivity index (χ2n) is 4.21. The van der Waals surface area contributed by atoms with E-state index in [2.05, 4.69) is 27.4 Å². The molecule has 0 spiro atoms. The quantitative estimate of drug-likeness (QED) is 0.513. The minimum absolute atomic E-state index is 0.228. The molecule has 2 unspecified atom stereocenters. The lowest BCUT2D eigenvalue weighted by Crippen LogP contribution is -2.42. The normalized spacial score (nSPS) is 26.9. The first kappa shape index (κ1) is 11.7. The highest BCUT2D eigenvalue weighted by atomic mass is 32.1. The van der Waals surface area contributed by atoms with E-state index in [4.69, 9.17) is 5.84 Å². The fourth-order valence-corrected chi connectivity index (χ4v) is 2.52. The largest absolute Gasteiger partial charge is 0.392 e. The average Bonchev–Trinajstić information content (AvgIpc) is 2.71. The van der Waals surface area contributed by atoms with Crippen LogP contribution in [0.1, 0.15) is 18.4 Å². The summed E-state index contributed by atoms with van der Waals surface area (Å²) in [6.07, 6.45) is 0.802. The lowest BCUT2D eigenvalue weighted by Gasteiger charge is -2.33. The molecule has 1 fully saturated rings. The predicted molar refractivity (Wildman–Crippen MR) is 62.8 cm³/mol. The van der Waals surface area contributed by atoms with Gasteiger partial charge >= 0.3 is 0 Å². The summed E-state index contributed by atoms with van der Waals surface area (Å²) in [6.45, 7) is 4.54. The van der Waals surface area contributed by atoms with E-state index in [1.165, 1.54) is 11.3 Å². The van der Waals surface area contributed by atoms with Crippen LogP contribution in [0, 0.1) is 5.92 Å². The van der Waals surface area contributed by atoms with Crippen LogP contribution in [0.15, 0.2) is 0 Å². The summed E-state index contributed by atoms with van der Waals surface area (Å²) >= 11 is 1.45. The number of hydrogen-bond acceptors (Lipinski definition) is 7.